The smallest absolute Gasteiger partial charge is 0.233 e. The molecule has 0 spiro atoms. The number of rotatable bonds is 10. The van der Waals surface area contributed by atoms with E-state index in [0.717, 1.165) is 11.4 Å². The van der Waals surface area contributed by atoms with Gasteiger partial charge in [0.25, 0.3) is 0 Å². The molecular formula is C25H29N5O2S. The van der Waals surface area contributed by atoms with Crippen LogP contribution >= 0.6 is 11.8 Å². The number of hydrogen-bond acceptors (Lipinski definition) is 6. The Hall–Kier alpha value is -3.31. The summed E-state index contributed by atoms with van der Waals surface area (Å²) in [4.78, 5) is 14.5. The highest BCUT2D eigenvalue weighted by atomic mass is 32.2. The quantitative estimate of drug-likeness (QED) is 0.309. The summed E-state index contributed by atoms with van der Waals surface area (Å²) in [7, 11) is 0. The standard InChI is InChI=1S/C25H29N5O2S/c1-5-14-30-23(19-9-11-20(12-10-19)25(2,3)4)27-28-24(30)33-18-22(31)29(15-7-13-26)17-21-8-6-16-32-21/h5-6,8-12,16H,1,7,14-15,17-18H2,2-4H3. The van der Waals surface area contributed by atoms with Crippen LogP contribution in [0.15, 0.2) is 64.9 Å². The van der Waals surface area contributed by atoms with Crippen molar-refractivity contribution in [2.45, 2.75) is 50.9 Å². The first-order chi connectivity index (χ1) is 15.8. The summed E-state index contributed by atoms with van der Waals surface area (Å²) in [6.45, 7) is 11.6. The van der Waals surface area contributed by atoms with Crippen LogP contribution < -0.4 is 0 Å². The molecule has 2 heterocycles. The molecule has 0 unspecified atom stereocenters. The van der Waals surface area contributed by atoms with E-state index in [2.05, 4.69) is 67.9 Å². The van der Waals surface area contributed by atoms with E-state index in [-0.39, 0.29) is 23.5 Å². The molecule has 1 aromatic carbocycles. The number of hydrogen-bond donors (Lipinski definition) is 0. The molecule has 8 heteroatoms. The van der Waals surface area contributed by atoms with Gasteiger partial charge in [-0.3, -0.25) is 9.36 Å². The second-order valence-corrected chi connectivity index (χ2v) is 9.57. The largest absolute Gasteiger partial charge is 0.467 e. The number of furan rings is 1. The second kappa shape index (κ2) is 11.0. The maximum atomic E-state index is 12.9. The van der Waals surface area contributed by atoms with Crippen LogP contribution in [0.1, 0.15) is 38.5 Å². The van der Waals surface area contributed by atoms with Crippen molar-refractivity contribution in [3.63, 3.8) is 0 Å². The molecule has 172 valence electrons. The number of carbonyl (C=O) groups excluding carboxylic acids is 1. The number of aromatic nitrogens is 3. The minimum Gasteiger partial charge on any atom is -0.467 e. The van der Waals surface area contributed by atoms with E-state index in [1.54, 1.807) is 23.3 Å². The molecule has 0 fully saturated rings. The first-order valence-corrected chi connectivity index (χ1v) is 11.8. The number of nitrogens with zero attached hydrogens (tertiary/aromatic N) is 5. The van der Waals surface area contributed by atoms with Gasteiger partial charge < -0.3 is 9.32 Å². The third kappa shape index (κ3) is 6.36. The van der Waals surface area contributed by atoms with Gasteiger partial charge in [0.15, 0.2) is 11.0 Å². The molecule has 3 aromatic rings. The van der Waals surface area contributed by atoms with Crippen LogP contribution in [-0.2, 0) is 23.3 Å². The summed E-state index contributed by atoms with van der Waals surface area (Å²) in [6, 6.07) is 14.0. The van der Waals surface area contributed by atoms with Crippen LogP contribution in [0, 0.1) is 11.3 Å². The van der Waals surface area contributed by atoms with Gasteiger partial charge >= 0.3 is 0 Å². The molecule has 0 atom stereocenters. The molecule has 3 rings (SSSR count). The van der Waals surface area contributed by atoms with Gasteiger partial charge in [-0.2, -0.15) is 5.26 Å². The Kier molecular flexibility index (Phi) is 8.12. The zero-order valence-electron chi connectivity index (χ0n) is 19.3. The van der Waals surface area contributed by atoms with Crippen molar-refractivity contribution in [3.8, 4) is 17.5 Å². The molecule has 0 bridgehead atoms. The van der Waals surface area contributed by atoms with E-state index < -0.39 is 0 Å². The van der Waals surface area contributed by atoms with E-state index in [9.17, 15) is 4.79 Å². The Balaban J connectivity index is 1.75. The van der Waals surface area contributed by atoms with Gasteiger partial charge in [-0.25, -0.2) is 0 Å². The molecular weight excluding hydrogens is 434 g/mol. The Morgan fingerprint density at radius 2 is 2.03 bits per heavy atom. The number of allylic oxidation sites excluding steroid dienone is 1. The zero-order valence-corrected chi connectivity index (χ0v) is 20.1. The lowest BCUT2D eigenvalue weighted by Crippen LogP contribution is -2.32. The Labute approximate surface area is 199 Å². The Morgan fingerprint density at radius 3 is 2.64 bits per heavy atom. The zero-order chi connectivity index (χ0) is 23.8. The third-order valence-corrected chi connectivity index (χ3v) is 6.09. The SMILES string of the molecule is C=CCn1c(SCC(=O)N(CCC#N)Cc2ccco2)nnc1-c1ccc(C(C)(C)C)cc1. The summed E-state index contributed by atoms with van der Waals surface area (Å²) in [5, 5.41) is 18.3. The van der Waals surface area contributed by atoms with Crippen LogP contribution in [0.4, 0.5) is 0 Å². The van der Waals surface area contributed by atoms with Gasteiger partial charge in [0.2, 0.25) is 5.91 Å². The van der Waals surface area contributed by atoms with Gasteiger partial charge in [-0.15, -0.1) is 16.8 Å². The Morgan fingerprint density at radius 1 is 1.27 bits per heavy atom. The number of carbonyl (C=O) groups is 1. The maximum Gasteiger partial charge on any atom is 0.233 e. The molecule has 0 aliphatic heterocycles. The summed E-state index contributed by atoms with van der Waals surface area (Å²) < 4.78 is 7.33. The lowest BCUT2D eigenvalue weighted by molar-refractivity contribution is -0.129. The molecule has 1 amide bonds. The predicted octanol–water partition coefficient (Wildman–Crippen LogP) is 5.06. The van der Waals surface area contributed by atoms with Gasteiger partial charge in [0.05, 0.1) is 31.1 Å². The molecule has 7 nitrogen and oxygen atoms in total. The lowest BCUT2D eigenvalue weighted by Gasteiger charge is -2.20. The topological polar surface area (TPSA) is 88.0 Å². The number of amides is 1. The van der Waals surface area contributed by atoms with Crippen LogP contribution in [-0.4, -0.2) is 37.9 Å². The molecule has 2 aromatic heterocycles. The van der Waals surface area contributed by atoms with Crippen molar-refractivity contribution < 1.29 is 9.21 Å². The van der Waals surface area contributed by atoms with Crippen molar-refractivity contribution >= 4 is 17.7 Å². The van der Waals surface area contributed by atoms with Crippen molar-refractivity contribution in [2.75, 3.05) is 12.3 Å². The second-order valence-electron chi connectivity index (χ2n) is 8.62. The summed E-state index contributed by atoms with van der Waals surface area (Å²) in [5.74, 6) is 1.52. The molecule has 0 radical (unpaired) electrons. The summed E-state index contributed by atoms with van der Waals surface area (Å²) in [5.41, 5.74) is 2.28. The third-order valence-electron chi connectivity index (χ3n) is 5.14. The minimum absolute atomic E-state index is 0.0712. The number of benzene rings is 1. The lowest BCUT2D eigenvalue weighted by atomic mass is 9.87. The van der Waals surface area contributed by atoms with E-state index in [4.69, 9.17) is 9.68 Å². The fourth-order valence-corrected chi connectivity index (χ4v) is 4.16. The van der Waals surface area contributed by atoms with Crippen LogP contribution in [0.5, 0.6) is 0 Å². The van der Waals surface area contributed by atoms with Gasteiger partial charge in [-0.05, 0) is 23.1 Å². The molecule has 0 aliphatic carbocycles. The molecule has 0 aliphatic rings. The van der Waals surface area contributed by atoms with Crippen molar-refractivity contribution in [3.05, 3.63) is 66.6 Å². The highest BCUT2D eigenvalue weighted by Gasteiger charge is 2.20. The van der Waals surface area contributed by atoms with E-state index >= 15 is 0 Å². The fraction of sp³-hybridized carbons (Fsp3) is 0.360. The predicted molar refractivity (Wildman–Crippen MR) is 129 cm³/mol. The number of thioether (sulfide) groups is 1. The highest BCUT2D eigenvalue weighted by molar-refractivity contribution is 7.99. The minimum atomic E-state index is -0.0871. The van der Waals surface area contributed by atoms with Crippen LogP contribution in [0.25, 0.3) is 11.4 Å². The average Bonchev–Trinajstić information content (AvgIpc) is 3.45. The van der Waals surface area contributed by atoms with E-state index in [0.29, 0.717) is 30.6 Å². The van der Waals surface area contributed by atoms with Crippen molar-refractivity contribution in [2.24, 2.45) is 0 Å². The van der Waals surface area contributed by atoms with Gasteiger partial charge in [0, 0.05) is 18.7 Å². The van der Waals surface area contributed by atoms with Crippen molar-refractivity contribution in [1.82, 2.24) is 19.7 Å². The molecule has 33 heavy (non-hydrogen) atoms. The van der Waals surface area contributed by atoms with Crippen LogP contribution in [0.3, 0.4) is 0 Å². The normalized spacial score (nSPS) is 11.2. The van der Waals surface area contributed by atoms with Gasteiger partial charge in [0.1, 0.15) is 5.76 Å². The molecule has 0 saturated heterocycles. The monoisotopic (exact) mass is 463 g/mol. The maximum absolute atomic E-state index is 12.9. The van der Waals surface area contributed by atoms with E-state index in [1.807, 2.05) is 10.6 Å². The average molecular weight is 464 g/mol. The van der Waals surface area contributed by atoms with E-state index in [1.165, 1.54) is 17.3 Å². The Bertz CT molecular complexity index is 1110. The van der Waals surface area contributed by atoms with Gasteiger partial charge in [-0.1, -0.05) is 62.9 Å². The molecule has 0 N–H and O–H groups in total. The highest BCUT2D eigenvalue weighted by Crippen LogP contribution is 2.28. The first kappa shape index (κ1) is 24.3. The summed E-state index contributed by atoms with van der Waals surface area (Å²) in [6.07, 6.45) is 3.63. The summed E-state index contributed by atoms with van der Waals surface area (Å²) >= 11 is 1.33. The van der Waals surface area contributed by atoms with Crippen molar-refractivity contribution in [1.29, 1.82) is 5.26 Å². The molecule has 0 saturated carbocycles. The van der Waals surface area contributed by atoms with Crippen LogP contribution in [0.2, 0.25) is 0 Å². The number of nitriles is 1. The fourth-order valence-electron chi connectivity index (χ4n) is 3.31. The first-order valence-electron chi connectivity index (χ1n) is 10.8.